The Balaban J connectivity index is 2.35. The maximum Gasteiger partial charge on any atom is 0.323 e. The van der Waals surface area contributed by atoms with Gasteiger partial charge in [-0.1, -0.05) is 0 Å². The van der Waals surface area contributed by atoms with Crippen molar-refractivity contribution in [1.82, 2.24) is 5.32 Å². The van der Waals surface area contributed by atoms with E-state index >= 15 is 0 Å². The van der Waals surface area contributed by atoms with Crippen LogP contribution in [-0.2, 0) is 20.3 Å². The smallest absolute Gasteiger partial charge is 0.323 e. The highest BCUT2D eigenvalue weighted by atomic mass is 32.2. The SMILES string of the molecule is COC(=O)C(NC(C)CCS(C)=O)C1CC1. The zero-order chi connectivity index (χ0) is 12.1. The van der Waals surface area contributed by atoms with Gasteiger partial charge in [0.05, 0.1) is 7.11 Å². The predicted octanol–water partition coefficient (Wildman–Crippen LogP) is 0.685. The van der Waals surface area contributed by atoms with Crippen LogP contribution >= 0.6 is 0 Å². The number of rotatable bonds is 7. The van der Waals surface area contributed by atoms with Gasteiger partial charge in [-0.15, -0.1) is 0 Å². The molecule has 0 bridgehead atoms. The van der Waals surface area contributed by atoms with Crippen molar-refractivity contribution in [3.8, 4) is 0 Å². The molecule has 0 aromatic rings. The fraction of sp³-hybridized carbons (Fsp3) is 0.909. The van der Waals surface area contributed by atoms with E-state index < -0.39 is 10.8 Å². The van der Waals surface area contributed by atoms with Crippen LogP contribution in [-0.4, -0.2) is 41.4 Å². The summed E-state index contributed by atoms with van der Waals surface area (Å²) in [6.07, 6.45) is 4.72. The Labute approximate surface area is 99.6 Å². The van der Waals surface area contributed by atoms with Crippen molar-refractivity contribution < 1.29 is 13.7 Å². The van der Waals surface area contributed by atoms with E-state index in [-0.39, 0.29) is 18.1 Å². The summed E-state index contributed by atoms with van der Waals surface area (Å²) in [5.74, 6) is 0.932. The van der Waals surface area contributed by atoms with Gasteiger partial charge in [-0.05, 0) is 32.1 Å². The van der Waals surface area contributed by atoms with Gasteiger partial charge in [0.2, 0.25) is 0 Å². The third-order valence-corrected chi connectivity index (χ3v) is 3.66. The monoisotopic (exact) mass is 247 g/mol. The molecule has 5 heteroatoms. The number of hydrogen-bond donors (Lipinski definition) is 1. The average Bonchev–Trinajstić information content (AvgIpc) is 3.05. The number of methoxy groups -OCH3 is 1. The first-order valence-electron chi connectivity index (χ1n) is 5.68. The minimum atomic E-state index is -0.765. The molecule has 3 unspecified atom stereocenters. The Morgan fingerprint density at radius 1 is 1.56 bits per heavy atom. The van der Waals surface area contributed by atoms with Gasteiger partial charge >= 0.3 is 5.97 Å². The number of carbonyl (C=O) groups is 1. The van der Waals surface area contributed by atoms with E-state index in [1.807, 2.05) is 6.92 Å². The molecule has 0 spiro atoms. The van der Waals surface area contributed by atoms with Crippen LogP contribution in [0.5, 0.6) is 0 Å². The lowest BCUT2D eigenvalue weighted by Gasteiger charge is -2.20. The van der Waals surface area contributed by atoms with Crippen molar-refractivity contribution in [3.05, 3.63) is 0 Å². The lowest BCUT2D eigenvalue weighted by molar-refractivity contribution is -0.143. The van der Waals surface area contributed by atoms with Crippen molar-refractivity contribution in [2.45, 2.75) is 38.3 Å². The fourth-order valence-corrected chi connectivity index (χ4v) is 2.37. The van der Waals surface area contributed by atoms with E-state index in [1.54, 1.807) is 6.26 Å². The molecule has 1 N–H and O–H groups in total. The summed E-state index contributed by atoms with van der Waals surface area (Å²) >= 11 is 0. The molecule has 1 aliphatic rings. The fourth-order valence-electron chi connectivity index (χ4n) is 1.69. The zero-order valence-corrected chi connectivity index (χ0v) is 11.0. The molecule has 0 radical (unpaired) electrons. The van der Waals surface area contributed by atoms with Crippen molar-refractivity contribution in [2.24, 2.45) is 5.92 Å². The summed E-state index contributed by atoms with van der Waals surface area (Å²) < 4.78 is 15.7. The van der Waals surface area contributed by atoms with Gasteiger partial charge in [0.25, 0.3) is 0 Å². The first-order chi connectivity index (χ1) is 7.54. The molecule has 1 saturated carbocycles. The number of esters is 1. The molecule has 4 nitrogen and oxygen atoms in total. The normalized spacial score (nSPS) is 21.2. The van der Waals surface area contributed by atoms with E-state index in [0.29, 0.717) is 11.7 Å². The van der Waals surface area contributed by atoms with Gasteiger partial charge in [-0.25, -0.2) is 0 Å². The summed E-state index contributed by atoms with van der Waals surface area (Å²) in [6, 6.07) is 0.0268. The molecule has 0 aromatic carbocycles. The first-order valence-corrected chi connectivity index (χ1v) is 7.41. The molecule has 1 aliphatic carbocycles. The summed E-state index contributed by atoms with van der Waals surface area (Å²) in [6.45, 7) is 2.02. The highest BCUT2D eigenvalue weighted by Crippen LogP contribution is 2.33. The van der Waals surface area contributed by atoms with Crippen LogP contribution in [0, 0.1) is 5.92 Å². The molecule has 1 fully saturated rings. The van der Waals surface area contributed by atoms with E-state index in [9.17, 15) is 9.00 Å². The molecule has 0 amide bonds. The van der Waals surface area contributed by atoms with Gasteiger partial charge in [-0.3, -0.25) is 9.00 Å². The molecule has 0 saturated heterocycles. The van der Waals surface area contributed by atoms with Crippen LogP contribution in [0.3, 0.4) is 0 Å². The van der Waals surface area contributed by atoms with Crippen molar-refractivity contribution >= 4 is 16.8 Å². The summed E-state index contributed by atoms with van der Waals surface area (Å²) in [7, 11) is 0.657. The highest BCUT2D eigenvalue weighted by Gasteiger charge is 2.37. The van der Waals surface area contributed by atoms with Crippen LogP contribution in [0.2, 0.25) is 0 Å². The number of hydrogen-bond acceptors (Lipinski definition) is 4. The second-order valence-corrected chi connectivity index (χ2v) is 6.03. The Kier molecular flexibility index (Phi) is 5.41. The van der Waals surface area contributed by atoms with Crippen LogP contribution < -0.4 is 5.32 Å². The van der Waals surface area contributed by atoms with Crippen molar-refractivity contribution in [3.63, 3.8) is 0 Å². The van der Waals surface area contributed by atoms with Gasteiger partial charge in [0, 0.05) is 28.9 Å². The Hall–Kier alpha value is -0.420. The van der Waals surface area contributed by atoms with Gasteiger partial charge in [0.15, 0.2) is 0 Å². The highest BCUT2D eigenvalue weighted by molar-refractivity contribution is 7.84. The largest absolute Gasteiger partial charge is 0.468 e. The third-order valence-electron chi connectivity index (χ3n) is 2.85. The van der Waals surface area contributed by atoms with Crippen molar-refractivity contribution in [1.29, 1.82) is 0 Å². The van der Waals surface area contributed by atoms with Crippen molar-refractivity contribution in [2.75, 3.05) is 19.1 Å². The molecule has 94 valence electrons. The lowest BCUT2D eigenvalue weighted by Crippen LogP contribution is -2.44. The van der Waals surface area contributed by atoms with Crippen LogP contribution in [0.1, 0.15) is 26.2 Å². The summed E-state index contributed by atoms with van der Waals surface area (Å²) in [4.78, 5) is 11.5. The molecule has 1 rings (SSSR count). The number of nitrogens with one attached hydrogen (secondary N) is 1. The molecule has 16 heavy (non-hydrogen) atoms. The number of carbonyl (C=O) groups excluding carboxylic acids is 1. The van der Waals surface area contributed by atoms with E-state index in [0.717, 1.165) is 19.3 Å². The second kappa shape index (κ2) is 6.35. The third kappa shape index (κ3) is 4.61. The first kappa shape index (κ1) is 13.6. The Bertz CT molecular complexity index is 266. The van der Waals surface area contributed by atoms with Crippen LogP contribution in [0.4, 0.5) is 0 Å². The zero-order valence-electron chi connectivity index (χ0n) is 10.2. The molecule has 3 atom stereocenters. The summed E-state index contributed by atoms with van der Waals surface area (Å²) in [5.41, 5.74) is 0. The van der Waals surface area contributed by atoms with Crippen LogP contribution in [0.25, 0.3) is 0 Å². The van der Waals surface area contributed by atoms with Gasteiger partial charge < -0.3 is 10.1 Å². The number of ether oxygens (including phenoxy) is 1. The minimum absolute atomic E-state index is 0.174. The van der Waals surface area contributed by atoms with Crippen LogP contribution in [0.15, 0.2) is 0 Å². The average molecular weight is 247 g/mol. The quantitative estimate of drug-likeness (QED) is 0.672. The Morgan fingerprint density at radius 2 is 2.19 bits per heavy atom. The molecular formula is C11H21NO3S. The maximum atomic E-state index is 11.5. The van der Waals surface area contributed by atoms with Gasteiger partial charge in [-0.2, -0.15) is 0 Å². The van der Waals surface area contributed by atoms with Gasteiger partial charge in [0.1, 0.15) is 6.04 Å². The molecule has 0 heterocycles. The lowest BCUT2D eigenvalue weighted by atomic mass is 10.1. The maximum absolute atomic E-state index is 11.5. The van der Waals surface area contributed by atoms with E-state index in [1.165, 1.54) is 7.11 Å². The standard InChI is InChI=1S/C11H21NO3S/c1-8(6-7-16(3)14)12-10(9-4-5-9)11(13)15-2/h8-10,12H,4-7H2,1-3H3. The molecular weight excluding hydrogens is 226 g/mol. The van der Waals surface area contributed by atoms with E-state index in [4.69, 9.17) is 4.74 Å². The summed E-state index contributed by atoms with van der Waals surface area (Å²) in [5, 5.41) is 3.28. The second-order valence-electron chi connectivity index (χ2n) is 4.47. The van der Waals surface area contributed by atoms with E-state index in [2.05, 4.69) is 5.32 Å². The molecule has 0 aromatic heterocycles. The topological polar surface area (TPSA) is 55.4 Å². The minimum Gasteiger partial charge on any atom is -0.468 e. The predicted molar refractivity (Wildman–Crippen MR) is 64.7 cm³/mol. The Morgan fingerprint density at radius 3 is 2.62 bits per heavy atom. The molecule has 0 aliphatic heterocycles.